The van der Waals surface area contributed by atoms with E-state index in [1.54, 1.807) is 42.2 Å². The number of halogens is 2. The number of aryl methyl sites for hydroxylation is 1. The number of anilines is 1. The molecule has 0 unspecified atom stereocenters. The summed E-state index contributed by atoms with van der Waals surface area (Å²) in [6, 6.07) is 20.2. The Hall–Kier alpha value is -1.81. The molecule has 0 fully saturated rings. The fourth-order valence-corrected chi connectivity index (χ4v) is 5.61. The van der Waals surface area contributed by atoms with Crippen molar-refractivity contribution in [3.05, 3.63) is 86.8 Å². The van der Waals surface area contributed by atoms with Gasteiger partial charge in [0.1, 0.15) is 0 Å². The van der Waals surface area contributed by atoms with Crippen LogP contribution in [-0.2, 0) is 16.4 Å². The van der Waals surface area contributed by atoms with Crippen molar-refractivity contribution >= 4 is 65.5 Å². The van der Waals surface area contributed by atoms with Crippen LogP contribution in [0.4, 0.5) is 5.69 Å². The number of nitrogens with one attached hydrogen (secondary N) is 1. The molecule has 156 valence electrons. The van der Waals surface area contributed by atoms with Crippen LogP contribution in [0.3, 0.4) is 0 Å². The molecule has 30 heavy (non-hydrogen) atoms. The van der Waals surface area contributed by atoms with Crippen LogP contribution >= 0.6 is 43.6 Å². The second kappa shape index (κ2) is 10.5. The third-order valence-electron chi connectivity index (χ3n) is 4.18. The molecule has 3 aromatic carbocycles. The van der Waals surface area contributed by atoms with E-state index in [0.717, 1.165) is 27.1 Å². The molecule has 0 spiro atoms. The average Bonchev–Trinajstić information content (AvgIpc) is 2.72. The van der Waals surface area contributed by atoms with Crippen LogP contribution < -0.4 is 10.6 Å². The Morgan fingerprint density at radius 1 is 1.00 bits per heavy atom. The molecule has 0 bridgehead atoms. The highest BCUT2D eigenvalue weighted by atomic mass is 79.9. The summed E-state index contributed by atoms with van der Waals surface area (Å²) in [5.74, 6) is 5.98. The number of sulfonamides is 1. The van der Waals surface area contributed by atoms with Crippen LogP contribution in [-0.4, -0.2) is 20.4 Å². The number of hydrogen-bond donors (Lipinski definition) is 2. The molecule has 3 rings (SSSR count). The molecule has 5 nitrogen and oxygen atoms in total. The molecular formula is C21H19Br2N3O2S2. The summed E-state index contributed by atoms with van der Waals surface area (Å²) >= 11 is 8.32. The molecular weight excluding hydrogens is 550 g/mol. The molecule has 0 aromatic heterocycles. The van der Waals surface area contributed by atoms with Gasteiger partial charge in [0.25, 0.3) is 10.0 Å². The number of benzene rings is 3. The first kappa shape index (κ1) is 22.9. The summed E-state index contributed by atoms with van der Waals surface area (Å²) < 4.78 is 29.8. The second-order valence-corrected chi connectivity index (χ2v) is 10.8. The lowest BCUT2D eigenvalue weighted by Crippen LogP contribution is -2.13. The lowest BCUT2D eigenvalue weighted by Gasteiger charge is -2.13. The van der Waals surface area contributed by atoms with Gasteiger partial charge in [0.2, 0.25) is 0 Å². The molecule has 0 saturated carbocycles. The first-order chi connectivity index (χ1) is 14.4. The van der Waals surface area contributed by atoms with Crippen LogP contribution in [0.5, 0.6) is 0 Å². The van der Waals surface area contributed by atoms with E-state index in [1.807, 2.05) is 42.5 Å². The van der Waals surface area contributed by atoms with Gasteiger partial charge in [-0.2, -0.15) is 5.10 Å². The third-order valence-corrected chi connectivity index (χ3v) is 8.50. The maximum absolute atomic E-state index is 12.8. The van der Waals surface area contributed by atoms with Crippen LogP contribution in [0.25, 0.3) is 0 Å². The predicted octanol–water partition coefficient (Wildman–Crippen LogP) is 5.64. The van der Waals surface area contributed by atoms with Gasteiger partial charge in [-0.15, -0.1) is 11.8 Å². The Bertz CT molecular complexity index is 1150. The fourth-order valence-electron chi connectivity index (χ4n) is 2.66. The highest BCUT2D eigenvalue weighted by Crippen LogP contribution is 2.31. The van der Waals surface area contributed by atoms with Crippen LogP contribution in [0.2, 0.25) is 0 Å². The van der Waals surface area contributed by atoms with Gasteiger partial charge in [0.15, 0.2) is 0 Å². The van der Waals surface area contributed by atoms with E-state index in [1.165, 1.54) is 5.56 Å². The maximum atomic E-state index is 12.8. The van der Waals surface area contributed by atoms with E-state index < -0.39 is 10.0 Å². The van der Waals surface area contributed by atoms with Gasteiger partial charge in [-0.1, -0.05) is 36.4 Å². The molecule has 9 heteroatoms. The number of para-hydroxylation sites is 1. The summed E-state index contributed by atoms with van der Waals surface area (Å²) in [6.07, 6.45) is 2.45. The molecule has 0 amide bonds. The Kier molecular flexibility index (Phi) is 7.99. The molecule has 0 atom stereocenters. The monoisotopic (exact) mass is 567 g/mol. The first-order valence-electron chi connectivity index (χ1n) is 8.91. The van der Waals surface area contributed by atoms with E-state index in [0.29, 0.717) is 10.2 Å². The zero-order chi connectivity index (χ0) is 21.6. The molecule has 0 saturated heterocycles. The van der Waals surface area contributed by atoms with Crippen LogP contribution in [0.1, 0.15) is 11.1 Å². The van der Waals surface area contributed by atoms with Gasteiger partial charge in [-0.25, -0.2) is 8.42 Å². The van der Waals surface area contributed by atoms with Crippen molar-refractivity contribution in [2.45, 2.75) is 16.2 Å². The lowest BCUT2D eigenvalue weighted by atomic mass is 10.1. The van der Waals surface area contributed by atoms with Gasteiger partial charge in [0.05, 0.1) is 16.8 Å². The Morgan fingerprint density at radius 2 is 1.73 bits per heavy atom. The summed E-state index contributed by atoms with van der Waals surface area (Å²) in [5.41, 5.74) is 2.71. The van der Waals surface area contributed by atoms with Crippen molar-refractivity contribution in [2.24, 2.45) is 10.9 Å². The van der Waals surface area contributed by atoms with Gasteiger partial charge in [-0.05, 0) is 79.7 Å². The van der Waals surface area contributed by atoms with E-state index in [-0.39, 0.29) is 4.90 Å². The van der Waals surface area contributed by atoms with E-state index >= 15 is 0 Å². The highest BCUT2D eigenvalue weighted by molar-refractivity contribution is 9.13. The van der Waals surface area contributed by atoms with Crippen LogP contribution in [0.15, 0.2) is 90.6 Å². The molecule has 0 aliphatic carbocycles. The molecule has 3 N–H and O–H groups in total. The van der Waals surface area contributed by atoms with Crippen molar-refractivity contribution in [3.63, 3.8) is 0 Å². The molecule has 0 aliphatic heterocycles. The van der Waals surface area contributed by atoms with Crippen molar-refractivity contribution < 1.29 is 8.42 Å². The Morgan fingerprint density at radius 3 is 2.43 bits per heavy atom. The topological polar surface area (TPSA) is 84.5 Å². The molecule has 0 radical (unpaired) electrons. The number of hydrogen-bond acceptors (Lipinski definition) is 5. The Labute approximate surface area is 197 Å². The summed E-state index contributed by atoms with van der Waals surface area (Å²) in [5, 5.41) is 3.52. The zero-order valence-electron chi connectivity index (χ0n) is 15.8. The standard InChI is InChI=1S/C21H19Br2N3O2S2/c22-18-10-9-17(13-19(18)23)30(27,28)26-20-3-1-2-4-21(20)29-12-11-15-5-7-16(8-6-15)14-25-24/h1-10,13-14,26H,11-12,24H2/b25-14-. The van der Waals surface area contributed by atoms with Crippen molar-refractivity contribution in [1.29, 1.82) is 0 Å². The minimum absolute atomic E-state index is 0.193. The first-order valence-corrected chi connectivity index (χ1v) is 13.0. The number of nitrogens with zero attached hydrogens (tertiary/aromatic N) is 1. The smallest absolute Gasteiger partial charge is 0.261 e. The highest BCUT2D eigenvalue weighted by Gasteiger charge is 2.17. The second-order valence-electron chi connectivity index (χ2n) is 6.30. The van der Waals surface area contributed by atoms with E-state index in [4.69, 9.17) is 5.84 Å². The average molecular weight is 569 g/mol. The van der Waals surface area contributed by atoms with Crippen LogP contribution in [0, 0.1) is 0 Å². The number of rotatable bonds is 8. The van der Waals surface area contributed by atoms with Gasteiger partial charge in [-0.3, -0.25) is 4.72 Å². The summed E-state index contributed by atoms with van der Waals surface area (Å²) in [7, 11) is -3.70. The van der Waals surface area contributed by atoms with Gasteiger partial charge < -0.3 is 5.84 Å². The van der Waals surface area contributed by atoms with Gasteiger partial charge in [0, 0.05) is 19.6 Å². The normalized spacial score (nSPS) is 11.7. The van der Waals surface area contributed by atoms with Gasteiger partial charge >= 0.3 is 0 Å². The van der Waals surface area contributed by atoms with E-state index in [9.17, 15) is 8.42 Å². The van der Waals surface area contributed by atoms with E-state index in [2.05, 4.69) is 41.7 Å². The number of nitrogens with two attached hydrogens (primary N) is 1. The minimum atomic E-state index is -3.70. The van der Waals surface area contributed by atoms with Crippen molar-refractivity contribution in [3.8, 4) is 0 Å². The number of hydrazone groups is 1. The minimum Gasteiger partial charge on any atom is -0.323 e. The lowest BCUT2D eigenvalue weighted by molar-refractivity contribution is 0.601. The largest absolute Gasteiger partial charge is 0.323 e. The zero-order valence-corrected chi connectivity index (χ0v) is 20.6. The SMILES string of the molecule is N/N=C\c1ccc(CCSc2ccccc2NS(=O)(=O)c2ccc(Br)c(Br)c2)cc1. The molecule has 0 heterocycles. The maximum Gasteiger partial charge on any atom is 0.261 e. The van der Waals surface area contributed by atoms with Crippen molar-refractivity contribution in [1.82, 2.24) is 0 Å². The fraction of sp³-hybridized carbons (Fsp3) is 0.0952. The Balaban J connectivity index is 1.68. The molecule has 3 aromatic rings. The van der Waals surface area contributed by atoms with Crippen molar-refractivity contribution in [2.75, 3.05) is 10.5 Å². The summed E-state index contributed by atoms with van der Waals surface area (Å²) in [6.45, 7) is 0. The number of thioether (sulfide) groups is 1. The summed E-state index contributed by atoms with van der Waals surface area (Å²) in [4.78, 5) is 1.07. The molecule has 0 aliphatic rings. The predicted molar refractivity (Wildman–Crippen MR) is 132 cm³/mol. The third kappa shape index (κ3) is 6.10. The quantitative estimate of drug-likeness (QED) is 0.159.